The molecule has 0 unspecified atom stereocenters. The van der Waals surface area contributed by atoms with Gasteiger partial charge in [-0.2, -0.15) is 5.10 Å². The molecule has 0 saturated carbocycles. The van der Waals surface area contributed by atoms with Crippen molar-refractivity contribution >= 4 is 29.7 Å². The van der Waals surface area contributed by atoms with Crippen LogP contribution in [-0.2, 0) is 9.59 Å². The number of esters is 1. The number of rotatable bonds is 5. The quantitative estimate of drug-likeness (QED) is 0.223. The lowest BCUT2D eigenvalue weighted by Crippen LogP contribution is -2.32. The third-order valence-electron chi connectivity index (χ3n) is 4.02. The van der Waals surface area contributed by atoms with Gasteiger partial charge >= 0.3 is 17.8 Å². The molecule has 8 nitrogen and oxygen atoms in total. The number of hydrogen-bond acceptors (Lipinski definition) is 6. The van der Waals surface area contributed by atoms with Gasteiger partial charge in [-0.1, -0.05) is 24.3 Å². The van der Waals surface area contributed by atoms with E-state index < -0.39 is 17.8 Å². The average molecular weight is 405 g/mol. The summed E-state index contributed by atoms with van der Waals surface area (Å²) in [7, 11) is 0. The van der Waals surface area contributed by atoms with Gasteiger partial charge in [-0.05, 0) is 60.9 Å². The second-order valence-electron chi connectivity index (χ2n) is 6.41. The van der Waals surface area contributed by atoms with Gasteiger partial charge in [-0.3, -0.25) is 9.59 Å². The van der Waals surface area contributed by atoms with Gasteiger partial charge in [0, 0.05) is 5.69 Å². The van der Waals surface area contributed by atoms with Crippen molar-refractivity contribution in [1.82, 2.24) is 5.43 Å². The lowest BCUT2D eigenvalue weighted by atomic mass is 10.1. The van der Waals surface area contributed by atoms with Crippen LogP contribution >= 0.6 is 0 Å². The summed E-state index contributed by atoms with van der Waals surface area (Å²) in [5.74, 6) is -2.02. The number of carbonyl (C=O) groups excluding carboxylic acids is 3. The number of ether oxygens (including phenoxy) is 1. The maximum absolute atomic E-state index is 12.0. The molecule has 0 aliphatic rings. The Morgan fingerprint density at radius 2 is 1.83 bits per heavy atom. The van der Waals surface area contributed by atoms with Gasteiger partial charge in [0.15, 0.2) is 0 Å². The van der Waals surface area contributed by atoms with Crippen molar-refractivity contribution in [3.63, 3.8) is 0 Å². The molecule has 152 valence electrons. The molecule has 0 aliphatic carbocycles. The lowest BCUT2D eigenvalue weighted by molar-refractivity contribution is -0.136. The first-order chi connectivity index (χ1) is 14.4. The largest absolute Gasteiger partial charge is 0.457 e. The fourth-order valence-electron chi connectivity index (χ4n) is 2.48. The van der Waals surface area contributed by atoms with Crippen molar-refractivity contribution in [2.24, 2.45) is 5.10 Å². The minimum absolute atomic E-state index is 0.0798. The molecule has 3 rings (SSSR count). The van der Waals surface area contributed by atoms with Crippen LogP contribution in [0.1, 0.15) is 27.2 Å². The van der Waals surface area contributed by atoms with Crippen LogP contribution in [0.5, 0.6) is 5.75 Å². The van der Waals surface area contributed by atoms with Gasteiger partial charge in [0.05, 0.1) is 12.5 Å². The molecule has 1 heterocycles. The zero-order valence-electron chi connectivity index (χ0n) is 16.3. The Labute approximate surface area is 172 Å². The number of anilines is 1. The number of benzene rings is 2. The normalized spacial score (nSPS) is 10.6. The number of amides is 2. The highest BCUT2D eigenvalue weighted by atomic mass is 16.5. The fraction of sp³-hybridized carbons (Fsp3) is 0.0909. The lowest BCUT2D eigenvalue weighted by Gasteiger charge is -2.08. The first kappa shape index (κ1) is 20.5. The van der Waals surface area contributed by atoms with Gasteiger partial charge in [-0.25, -0.2) is 10.2 Å². The number of aryl methyl sites for hydroxylation is 2. The Hall–Kier alpha value is -4.20. The maximum atomic E-state index is 12.0. The Morgan fingerprint density at radius 3 is 2.60 bits per heavy atom. The molecule has 2 N–H and O–H groups in total. The molecule has 0 radical (unpaired) electrons. The van der Waals surface area contributed by atoms with Crippen LogP contribution in [0, 0.1) is 13.8 Å². The van der Waals surface area contributed by atoms with Crippen LogP contribution in [-0.4, -0.2) is 24.0 Å². The van der Waals surface area contributed by atoms with Crippen molar-refractivity contribution in [1.29, 1.82) is 0 Å². The summed E-state index contributed by atoms with van der Waals surface area (Å²) in [6, 6.07) is 15.1. The van der Waals surface area contributed by atoms with E-state index in [1.165, 1.54) is 18.5 Å². The molecule has 3 aromatic rings. The van der Waals surface area contributed by atoms with Crippen LogP contribution in [0.3, 0.4) is 0 Å². The molecular weight excluding hydrogens is 386 g/mol. The minimum atomic E-state index is -0.910. The molecule has 0 aliphatic heterocycles. The van der Waals surface area contributed by atoms with Gasteiger partial charge in [-0.15, -0.1) is 0 Å². The van der Waals surface area contributed by atoms with E-state index >= 15 is 0 Å². The predicted molar refractivity (Wildman–Crippen MR) is 110 cm³/mol. The third kappa shape index (κ3) is 5.41. The number of hydrogen-bond donors (Lipinski definition) is 2. The molecular formula is C22H19N3O5. The Morgan fingerprint density at radius 1 is 1.00 bits per heavy atom. The van der Waals surface area contributed by atoms with Crippen molar-refractivity contribution in [3.05, 3.63) is 83.3 Å². The second-order valence-corrected chi connectivity index (χ2v) is 6.41. The van der Waals surface area contributed by atoms with E-state index in [-0.39, 0.29) is 11.5 Å². The smallest absolute Gasteiger partial charge is 0.379 e. The highest BCUT2D eigenvalue weighted by molar-refractivity contribution is 6.39. The summed E-state index contributed by atoms with van der Waals surface area (Å²) in [6.45, 7) is 3.72. The number of nitrogens with zero attached hydrogens (tertiary/aromatic N) is 1. The highest BCUT2D eigenvalue weighted by Gasteiger charge is 2.14. The summed E-state index contributed by atoms with van der Waals surface area (Å²) in [5, 5.41) is 6.32. The van der Waals surface area contributed by atoms with Gasteiger partial charge in [0.2, 0.25) is 5.76 Å². The molecule has 2 amide bonds. The van der Waals surface area contributed by atoms with Crippen molar-refractivity contribution < 1.29 is 23.5 Å². The molecule has 0 bridgehead atoms. The highest BCUT2D eigenvalue weighted by Crippen LogP contribution is 2.16. The third-order valence-corrected chi connectivity index (χ3v) is 4.02. The molecule has 0 saturated heterocycles. The summed E-state index contributed by atoms with van der Waals surface area (Å²) in [6.07, 6.45) is 2.70. The molecule has 30 heavy (non-hydrogen) atoms. The first-order valence-corrected chi connectivity index (χ1v) is 9.00. The molecule has 2 aromatic carbocycles. The van der Waals surface area contributed by atoms with Gasteiger partial charge in [0.1, 0.15) is 5.75 Å². The molecule has 0 atom stereocenters. The molecule has 0 fully saturated rings. The summed E-state index contributed by atoms with van der Waals surface area (Å²) < 4.78 is 10.2. The standard InChI is InChI=1S/C22H19N3O5/c1-14-8-9-15(2)18(11-14)24-20(26)21(27)25-23-13-16-5-3-6-17(12-16)30-22(28)19-7-4-10-29-19/h3-13H,1-2H3,(H,24,26)(H,25,27)/b23-13+. The molecule has 1 aromatic heterocycles. The van der Waals surface area contributed by atoms with Gasteiger partial charge in [0.25, 0.3) is 0 Å². The van der Waals surface area contributed by atoms with Crippen molar-refractivity contribution in [3.8, 4) is 5.75 Å². The molecule has 8 heteroatoms. The van der Waals surface area contributed by atoms with E-state index in [1.807, 2.05) is 26.0 Å². The Balaban J connectivity index is 1.56. The fourth-order valence-corrected chi connectivity index (χ4v) is 2.48. The van der Waals surface area contributed by atoms with Crippen molar-refractivity contribution in [2.75, 3.05) is 5.32 Å². The summed E-state index contributed by atoms with van der Waals surface area (Å²) in [5.41, 5.74) is 5.07. The van der Waals surface area contributed by atoms with Gasteiger partial charge < -0.3 is 14.5 Å². The Bertz CT molecular complexity index is 1100. The summed E-state index contributed by atoms with van der Waals surface area (Å²) in [4.78, 5) is 35.9. The second kappa shape index (κ2) is 9.33. The van der Waals surface area contributed by atoms with Crippen LogP contribution in [0.4, 0.5) is 5.69 Å². The van der Waals surface area contributed by atoms with Crippen LogP contribution < -0.4 is 15.5 Å². The van der Waals surface area contributed by atoms with E-state index in [4.69, 9.17) is 9.15 Å². The van der Waals surface area contributed by atoms with Crippen LogP contribution in [0.2, 0.25) is 0 Å². The number of furan rings is 1. The van der Waals surface area contributed by atoms with E-state index in [0.29, 0.717) is 11.3 Å². The summed E-state index contributed by atoms with van der Waals surface area (Å²) >= 11 is 0. The monoisotopic (exact) mass is 405 g/mol. The van der Waals surface area contributed by atoms with E-state index in [2.05, 4.69) is 15.8 Å². The maximum Gasteiger partial charge on any atom is 0.379 e. The van der Waals surface area contributed by atoms with E-state index in [0.717, 1.165) is 11.1 Å². The SMILES string of the molecule is Cc1ccc(C)c(NC(=O)C(=O)N/N=C/c2cccc(OC(=O)c3ccco3)c2)c1. The number of carbonyl (C=O) groups is 3. The average Bonchev–Trinajstić information content (AvgIpc) is 3.26. The zero-order chi connectivity index (χ0) is 21.5. The van der Waals surface area contributed by atoms with Crippen LogP contribution in [0.25, 0.3) is 0 Å². The van der Waals surface area contributed by atoms with Crippen LogP contribution in [0.15, 0.2) is 70.4 Å². The number of hydrazone groups is 1. The number of nitrogens with one attached hydrogen (secondary N) is 2. The minimum Gasteiger partial charge on any atom is -0.457 e. The van der Waals surface area contributed by atoms with Crippen molar-refractivity contribution in [2.45, 2.75) is 13.8 Å². The van der Waals surface area contributed by atoms with E-state index in [9.17, 15) is 14.4 Å². The van der Waals surface area contributed by atoms with E-state index in [1.54, 1.807) is 36.4 Å². The first-order valence-electron chi connectivity index (χ1n) is 9.00. The molecule has 0 spiro atoms. The zero-order valence-corrected chi connectivity index (χ0v) is 16.3. The topological polar surface area (TPSA) is 110 Å². The predicted octanol–water partition coefficient (Wildman–Crippen LogP) is 3.20. The Kier molecular flexibility index (Phi) is 6.39.